The van der Waals surface area contributed by atoms with Crippen molar-refractivity contribution in [2.45, 2.75) is 119 Å². The number of pyridine rings is 8. The second-order valence-corrected chi connectivity index (χ2v) is 29.8. The van der Waals surface area contributed by atoms with Crippen molar-refractivity contribution in [3.05, 3.63) is 241 Å². The normalized spacial score (nSPS) is 10.9. The summed E-state index contributed by atoms with van der Waals surface area (Å²) in [6.45, 7) is 28.0. The number of phenolic OH excluding ortho intramolecular Hbond substituents is 4. The van der Waals surface area contributed by atoms with Gasteiger partial charge in [0.15, 0.2) is 0 Å². The molecule has 0 aliphatic rings. The smallest absolute Gasteiger partial charge is 0.300 e. The van der Waals surface area contributed by atoms with Crippen molar-refractivity contribution in [2.75, 3.05) is 0 Å². The van der Waals surface area contributed by atoms with E-state index in [2.05, 4.69) is 103 Å². The first kappa shape index (κ1) is 92.0. The van der Waals surface area contributed by atoms with Gasteiger partial charge in [-0.15, -0.1) is 0 Å². The summed E-state index contributed by atoms with van der Waals surface area (Å²) in [5.74, 6) is -1.14. The standard InChI is InChI=1S/2C42H38N4O2.2C2H4O2.B.2Co.4H2O/c2*1-41(2,3)27-21-29(33-11-7-9-19-43-33)39(47)31(23-27)35-17-15-25-13-14-26-16-18-36(46-38(26)37(25)45-35)32-24-28(42(4,5)6)22-30(40(32)48)34-12-8-10-20-44-34;2*1-2(3)4;;;;;;;/h2*7-24,47-48H,1-6H3;2*1H3,(H,3,4);;;;4*1H2. The van der Waals surface area contributed by atoms with Gasteiger partial charge in [0.2, 0.25) is 0 Å². The van der Waals surface area contributed by atoms with Crippen molar-refractivity contribution in [1.82, 2.24) is 39.9 Å². The Labute approximate surface area is 668 Å². The van der Waals surface area contributed by atoms with Gasteiger partial charge in [0, 0.05) is 147 Å². The molecule has 111 heavy (non-hydrogen) atoms. The van der Waals surface area contributed by atoms with Crippen LogP contribution in [0.4, 0.5) is 0 Å². The Kier molecular flexibility index (Phi) is 31.0. The zero-order valence-electron chi connectivity index (χ0n) is 64.1. The Morgan fingerprint density at radius 3 is 0.568 bits per heavy atom. The molecule has 20 nitrogen and oxygen atoms in total. The molecule has 6 aromatic carbocycles. The first-order valence-electron chi connectivity index (χ1n) is 34.2. The van der Waals surface area contributed by atoms with Crippen molar-refractivity contribution in [3.63, 3.8) is 0 Å². The Balaban J connectivity index is 0.000000404. The van der Waals surface area contributed by atoms with Gasteiger partial charge < -0.3 is 52.5 Å². The second kappa shape index (κ2) is 37.4. The SMILES string of the molecule is CC(=O)O.CC(=O)O.CC(C)(C)c1cc(-c2ccccn2)c(O)c(-c2ccc3ccc4ccc(-c5cc(C(C)(C)C)cc(-c6ccccn6)c5O)nc4c3n2)c1.CC(C)(C)c1cc(-c2ccccn2)c(O)c(-c2ccc3ccc4ccc(-c5cc(C(C)(C)C)cc(-c6ccccn6)c5O)nc4c3n2)c1.O.O.O.O.[B].[Co].[Co]. The van der Waals surface area contributed by atoms with Crippen molar-refractivity contribution in [1.29, 1.82) is 0 Å². The van der Waals surface area contributed by atoms with E-state index < -0.39 is 11.9 Å². The minimum Gasteiger partial charge on any atom is -0.507 e. The van der Waals surface area contributed by atoms with Crippen LogP contribution in [0.25, 0.3) is 134 Å². The third-order valence-electron chi connectivity index (χ3n) is 17.8. The van der Waals surface area contributed by atoms with Gasteiger partial charge in [-0.05, 0) is 165 Å². The molecule has 5 radical (unpaired) electrons. The predicted molar refractivity (Wildman–Crippen MR) is 437 cm³/mol. The molecule has 0 bridgehead atoms. The molecule has 0 unspecified atom stereocenters. The largest absolute Gasteiger partial charge is 0.507 e. The molecule has 0 saturated carbocycles. The number of phenols is 4. The molecule has 0 atom stereocenters. The van der Waals surface area contributed by atoms with Gasteiger partial charge in [-0.1, -0.05) is 156 Å². The molecular formula is C88H92BCo2N8O12. The fourth-order valence-electron chi connectivity index (χ4n) is 12.1. The van der Waals surface area contributed by atoms with E-state index in [4.69, 9.17) is 39.7 Å². The fraction of sp³-hybridized carbons (Fsp3) is 0.205. The molecule has 14 N–H and O–H groups in total. The van der Waals surface area contributed by atoms with E-state index in [1.54, 1.807) is 24.8 Å². The van der Waals surface area contributed by atoms with Gasteiger partial charge in [-0.2, -0.15) is 0 Å². The molecule has 0 spiro atoms. The van der Waals surface area contributed by atoms with Gasteiger partial charge in [0.05, 0.1) is 67.6 Å². The summed E-state index contributed by atoms with van der Waals surface area (Å²) in [6.07, 6.45) is 6.93. The number of nitrogens with zero attached hydrogens (tertiary/aromatic N) is 8. The summed E-state index contributed by atoms with van der Waals surface area (Å²) in [5, 5.41) is 65.2. The van der Waals surface area contributed by atoms with Crippen molar-refractivity contribution >= 4 is 64.0 Å². The maximum absolute atomic E-state index is 11.7. The van der Waals surface area contributed by atoms with Crippen LogP contribution < -0.4 is 0 Å². The number of aromatic hydroxyl groups is 4. The van der Waals surface area contributed by atoms with E-state index in [1.165, 1.54) is 0 Å². The topological polar surface area (TPSA) is 385 Å². The van der Waals surface area contributed by atoms with E-state index in [9.17, 15) is 20.4 Å². The van der Waals surface area contributed by atoms with Crippen LogP contribution in [0.15, 0.2) is 219 Å². The van der Waals surface area contributed by atoms with Crippen LogP contribution in [0.1, 0.15) is 119 Å². The number of aliphatic carboxylic acids is 2. The number of carboxylic acids is 2. The summed E-state index contributed by atoms with van der Waals surface area (Å²) in [7, 11) is 0. The molecule has 0 saturated heterocycles. The molecule has 14 rings (SSSR count). The molecular weight excluding hydrogens is 1490 g/mol. The Hall–Kier alpha value is -11.4. The third kappa shape index (κ3) is 20.8. The first-order chi connectivity index (χ1) is 49.2. The predicted octanol–water partition coefficient (Wildman–Crippen LogP) is 17.0. The fourth-order valence-corrected chi connectivity index (χ4v) is 12.1. The molecule has 14 aromatic rings. The number of hydrogen-bond acceptors (Lipinski definition) is 14. The average Bonchev–Trinajstić information content (AvgIpc) is 0.758. The first-order valence-corrected chi connectivity index (χ1v) is 34.2. The zero-order valence-corrected chi connectivity index (χ0v) is 66.2. The van der Waals surface area contributed by atoms with E-state index in [-0.39, 0.29) is 109 Å². The minimum absolute atomic E-state index is 0. The molecule has 8 aromatic heterocycles. The summed E-state index contributed by atoms with van der Waals surface area (Å²) >= 11 is 0. The number of carboxylic acid groups (broad SMARTS) is 2. The van der Waals surface area contributed by atoms with E-state index >= 15 is 0 Å². The van der Waals surface area contributed by atoms with E-state index in [0.29, 0.717) is 112 Å². The zero-order chi connectivity index (χ0) is 74.7. The number of aromatic nitrogens is 8. The Bertz CT molecular complexity index is 4900. The minimum atomic E-state index is -0.833. The summed E-state index contributed by atoms with van der Waals surface area (Å²) in [5.41, 5.74) is 16.9. The number of carbonyl (C=O) groups is 2. The molecule has 23 heteroatoms. The monoisotopic (exact) mass is 1580 g/mol. The number of rotatable bonds is 8. The Morgan fingerprint density at radius 2 is 0.423 bits per heavy atom. The van der Waals surface area contributed by atoms with E-state index in [0.717, 1.165) is 57.6 Å². The molecule has 577 valence electrons. The van der Waals surface area contributed by atoms with Gasteiger partial charge >= 0.3 is 0 Å². The maximum atomic E-state index is 11.7. The second-order valence-electron chi connectivity index (χ2n) is 29.8. The van der Waals surface area contributed by atoms with Crippen molar-refractivity contribution < 1.29 is 95.7 Å². The van der Waals surface area contributed by atoms with Crippen LogP contribution in [0.5, 0.6) is 23.0 Å². The number of hydrogen-bond donors (Lipinski definition) is 6. The van der Waals surface area contributed by atoms with Crippen LogP contribution in [-0.2, 0) is 64.8 Å². The molecule has 8 heterocycles. The van der Waals surface area contributed by atoms with E-state index in [1.807, 2.05) is 194 Å². The van der Waals surface area contributed by atoms with Gasteiger partial charge in [-0.3, -0.25) is 29.5 Å². The van der Waals surface area contributed by atoms with Gasteiger partial charge in [0.25, 0.3) is 11.9 Å². The van der Waals surface area contributed by atoms with Crippen LogP contribution in [-0.4, -0.2) is 113 Å². The van der Waals surface area contributed by atoms with Crippen LogP contribution in [0.3, 0.4) is 0 Å². The van der Waals surface area contributed by atoms with Crippen LogP contribution in [0, 0.1) is 0 Å². The molecule has 0 aliphatic carbocycles. The quantitative estimate of drug-likeness (QED) is 0.0608. The van der Waals surface area contributed by atoms with Crippen LogP contribution >= 0.6 is 0 Å². The van der Waals surface area contributed by atoms with Crippen LogP contribution in [0.2, 0.25) is 0 Å². The molecule has 0 aliphatic heterocycles. The maximum Gasteiger partial charge on any atom is 0.300 e. The average molecular weight is 1580 g/mol. The molecule has 0 fully saturated rings. The summed E-state index contributed by atoms with van der Waals surface area (Å²) in [4.78, 5) is 56.8. The molecule has 0 amide bonds. The van der Waals surface area contributed by atoms with Gasteiger partial charge in [-0.25, -0.2) is 19.9 Å². The summed E-state index contributed by atoms with van der Waals surface area (Å²) < 4.78 is 0. The Morgan fingerprint density at radius 1 is 0.270 bits per heavy atom. The van der Waals surface area contributed by atoms with Crippen molar-refractivity contribution in [3.8, 4) is 113 Å². The number of fused-ring (bicyclic) bond motifs is 6. The van der Waals surface area contributed by atoms with Gasteiger partial charge in [0.1, 0.15) is 23.0 Å². The van der Waals surface area contributed by atoms with Crippen molar-refractivity contribution in [2.24, 2.45) is 0 Å². The number of benzene rings is 6. The third-order valence-corrected chi connectivity index (χ3v) is 17.8. The summed E-state index contributed by atoms with van der Waals surface area (Å²) in [6, 6.07) is 62.9.